The molecule has 0 saturated heterocycles. The molecular weight excluding hydrogens is 252 g/mol. The van der Waals surface area contributed by atoms with Gasteiger partial charge in [0.25, 0.3) is 0 Å². The van der Waals surface area contributed by atoms with Gasteiger partial charge in [-0.3, -0.25) is 9.59 Å². The molecule has 0 aromatic rings. The Morgan fingerprint density at radius 2 is 1.79 bits per heavy atom. The fourth-order valence-electron chi connectivity index (χ4n) is 1.79. The number of nitrogens with one attached hydrogen (secondary N) is 2. The Morgan fingerprint density at radius 1 is 1.16 bits per heavy atom. The van der Waals surface area contributed by atoms with Crippen molar-refractivity contribution >= 4 is 18.0 Å². The van der Waals surface area contributed by atoms with Crippen LogP contribution in [0.5, 0.6) is 0 Å². The van der Waals surface area contributed by atoms with E-state index in [0.29, 0.717) is 6.42 Å². The molecule has 0 aromatic carbocycles. The van der Waals surface area contributed by atoms with Crippen LogP contribution >= 0.6 is 0 Å². The Labute approximate surface area is 113 Å². The van der Waals surface area contributed by atoms with Crippen LogP contribution in [0.1, 0.15) is 26.2 Å². The molecule has 0 aliphatic heterocycles. The van der Waals surface area contributed by atoms with Crippen LogP contribution in [0.3, 0.4) is 0 Å². The minimum absolute atomic E-state index is 0.0619. The van der Waals surface area contributed by atoms with Gasteiger partial charge in [-0.25, -0.2) is 4.79 Å². The summed E-state index contributed by atoms with van der Waals surface area (Å²) in [6.45, 7) is 1.93. The molecule has 2 atom stereocenters. The van der Waals surface area contributed by atoms with E-state index in [4.69, 9.17) is 0 Å². The maximum Gasteiger partial charge on any atom is 0.407 e. The van der Waals surface area contributed by atoms with Gasteiger partial charge < -0.3 is 20.1 Å². The summed E-state index contributed by atoms with van der Waals surface area (Å²) in [6, 6.07) is -0.823. The summed E-state index contributed by atoms with van der Waals surface area (Å²) in [6.07, 6.45) is 0.737. The van der Waals surface area contributed by atoms with Crippen LogP contribution in [-0.2, 0) is 19.1 Å². The third-order valence-electron chi connectivity index (χ3n) is 2.78. The van der Waals surface area contributed by atoms with Gasteiger partial charge in [-0.1, -0.05) is 13.3 Å². The number of hydrogen-bond acceptors (Lipinski definition) is 5. The van der Waals surface area contributed by atoms with Crippen molar-refractivity contribution in [3.8, 4) is 0 Å². The molecule has 0 fully saturated rings. The molecule has 0 heterocycles. The third kappa shape index (κ3) is 6.08. The Bertz CT molecular complexity index is 319. The zero-order valence-electron chi connectivity index (χ0n) is 11.8. The first-order valence-electron chi connectivity index (χ1n) is 6.12. The lowest BCUT2D eigenvalue weighted by Crippen LogP contribution is -2.50. The molecule has 7 heteroatoms. The maximum atomic E-state index is 11.8. The number of carbonyl (C=O) groups excluding carboxylic acids is 3. The highest BCUT2D eigenvalue weighted by molar-refractivity contribution is 5.86. The topological polar surface area (TPSA) is 93.7 Å². The summed E-state index contributed by atoms with van der Waals surface area (Å²) in [5.74, 6) is -1.12. The lowest BCUT2D eigenvalue weighted by molar-refractivity contribution is -0.142. The predicted molar refractivity (Wildman–Crippen MR) is 68.4 cm³/mol. The van der Waals surface area contributed by atoms with E-state index in [0.717, 1.165) is 6.42 Å². The zero-order chi connectivity index (χ0) is 14.8. The molecule has 0 radical (unpaired) electrons. The molecule has 0 rings (SSSR count). The predicted octanol–water partition coefficient (Wildman–Crippen LogP) is 0.436. The van der Waals surface area contributed by atoms with Crippen molar-refractivity contribution in [2.45, 2.75) is 32.2 Å². The normalized spacial score (nSPS) is 13.1. The summed E-state index contributed by atoms with van der Waals surface area (Å²) in [7, 11) is 3.97. The number of rotatable bonds is 7. The highest BCUT2D eigenvalue weighted by atomic mass is 16.5. The summed E-state index contributed by atoms with van der Waals surface area (Å²) in [5.41, 5.74) is 0. The first-order valence-corrected chi connectivity index (χ1v) is 6.12. The number of ether oxygens (including phenoxy) is 2. The molecule has 19 heavy (non-hydrogen) atoms. The van der Waals surface area contributed by atoms with Gasteiger partial charge in [0.2, 0.25) is 5.91 Å². The summed E-state index contributed by atoms with van der Waals surface area (Å²) in [5, 5.41) is 4.91. The first-order chi connectivity index (χ1) is 8.99. The molecule has 7 nitrogen and oxygen atoms in total. The van der Waals surface area contributed by atoms with Crippen molar-refractivity contribution in [2.75, 3.05) is 21.3 Å². The fraction of sp³-hybridized carbons (Fsp3) is 0.750. The number of alkyl carbamates (subject to hydrolysis) is 1. The molecule has 0 aliphatic rings. The number of hydrogen-bond donors (Lipinski definition) is 2. The van der Waals surface area contributed by atoms with E-state index in [-0.39, 0.29) is 18.2 Å². The Hall–Kier alpha value is -1.79. The van der Waals surface area contributed by atoms with E-state index in [1.807, 2.05) is 6.92 Å². The largest absolute Gasteiger partial charge is 0.469 e. The van der Waals surface area contributed by atoms with Gasteiger partial charge >= 0.3 is 12.1 Å². The van der Waals surface area contributed by atoms with E-state index < -0.39 is 18.1 Å². The van der Waals surface area contributed by atoms with E-state index in [1.54, 1.807) is 0 Å². The molecule has 0 bridgehead atoms. The second-order valence-electron chi connectivity index (χ2n) is 4.06. The molecule has 110 valence electrons. The summed E-state index contributed by atoms with van der Waals surface area (Å²) < 4.78 is 9.10. The number of esters is 1. The fourth-order valence-corrected chi connectivity index (χ4v) is 1.79. The Kier molecular flexibility index (Phi) is 8.32. The monoisotopic (exact) mass is 274 g/mol. The van der Waals surface area contributed by atoms with Crippen LogP contribution < -0.4 is 10.6 Å². The van der Waals surface area contributed by atoms with Crippen molar-refractivity contribution in [1.29, 1.82) is 0 Å². The minimum Gasteiger partial charge on any atom is -0.469 e. The third-order valence-corrected chi connectivity index (χ3v) is 2.78. The molecule has 2 unspecified atom stereocenters. The van der Waals surface area contributed by atoms with E-state index in [1.165, 1.54) is 21.3 Å². The van der Waals surface area contributed by atoms with Crippen LogP contribution in [0.15, 0.2) is 0 Å². The number of carbonyl (C=O) groups is 3. The second-order valence-corrected chi connectivity index (χ2v) is 4.06. The molecule has 0 aromatic heterocycles. The Morgan fingerprint density at radius 3 is 2.21 bits per heavy atom. The van der Waals surface area contributed by atoms with E-state index >= 15 is 0 Å². The number of amides is 2. The van der Waals surface area contributed by atoms with Crippen LogP contribution in [-0.4, -0.2) is 45.3 Å². The summed E-state index contributed by atoms with van der Waals surface area (Å²) in [4.78, 5) is 34.5. The zero-order valence-corrected chi connectivity index (χ0v) is 11.8. The SMILES string of the molecule is CCCC(CC(=O)OC)C(NC(=O)OC)C(=O)NC. The highest BCUT2D eigenvalue weighted by Gasteiger charge is 2.31. The maximum absolute atomic E-state index is 11.8. The molecule has 0 aliphatic carbocycles. The lowest BCUT2D eigenvalue weighted by Gasteiger charge is -2.25. The van der Waals surface area contributed by atoms with Gasteiger partial charge in [0.05, 0.1) is 20.6 Å². The van der Waals surface area contributed by atoms with Gasteiger partial charge in [0, 0.05) is 7.05 Å². The molecule has 0 spiro atoms. The van der Waals surface area contributed by atoms with Crippen LogP contribution in [0.4, 0.5) is 4.79 Å². The van der Waals surface area contributed by atoms with Crippen LogP contribution in [0.2, 0.25) is 0 Å². The van der Waals surface area contributed by atoms with Crippen LogP contribution in [0.25, 0.3) is 0 Å². The average molecular weight is 274 g/mol. The van der Waals surface area contributed by atoms with E-state index in [9.17, 15) is 14.4 Å². The van der Waals surface area contributed by atoms with Crippen molar-refractivity contribution in [3.63, 3.8) is 0 Å². The van der Waals surface area contributed by atoms with Gasteiger partial charge in [0.1, 0.15) is 6.04 Å². The molecule has 2 amide bonds. The van der Waals surface area contributed by atoms with Crippen LogP contribution in [0, 0.1) is 5.92 Å². The first kappa shape index (κ1) is 17.2. The average Bonchev–Trinajstić information content (AvgIpc) is 2.42. The molecular formula is C12H22N2O5. The van der Waals surface area contributed by atoms with Crippen molar-refractivity contribution < 1.29 is 23.9 Å². The van der Waals surface area contributed by atoms with Gasteiger partial charge in [-0.2, -0.15) is 0 Å². The van der Waals surface area contributed by atoms with Gasteiger partial charge in [0.15, 0.2) is 0 Å². The minimum atomic E-state index is -0.823. The molecule has 2 N–H and O–H groups in total. The standard InChI is InChI=1S/C12H22N2O5/c1-5-6-8(7-9(15)18-3)10(11(16)13-2)14-12(17)19-4/h8,10H,5-7H2,1-4H3,(H,13,16)(H,14,17). The van der Waals surface area contributed by atoms with Crippen molar-refractivity contribution in [2.24, 2.45) is 5.92 Å². The highest BCUT2D eigenvalue weighted by Crippen LogP contribution is 2.17. The quantitative estimate of drug-likeness (QED) is 0.657. The smallest absolute Gasteiger partial charge is 0.407 e. The summed E-state index contributed by atoms with van der Waals surface area (Å²) >= 11 is 0. The molecule has 0 saturated carbocycles. The Balaban J connectivity index is 4.94. The van der Waals surface area contributed by atoms with E-state index in [2.05, 4.69) is 20.1 Å². The number of methoxy groups -OCH3 is 2. The van der Waals surface area contributed by atoms with Gasteiger partial charge in [-0.05, 0) is 12.3 Å². The van der Waals surface area contributed by atoms with Gasteiger partial charge in [-0.15, -0.1) is 0 Å². The van der Waals surface area contributed by atoms with Crippen molar-refractivity contribution in [1.82, 2.24) is 10.6 Å². The lowest BCUT2D eigenvalue weighted by atomic mass is 9.91. The second kappa shape index (κ2) is 9.18. The van der Waals surface area contributed by atoms with Crippen molar-refractivity contribution in [3.05, 3.63) is 0 Å². The number of likely N-dealkylation sites (N-methyl/N-ethyl adjacent to an activating group) is 1.